The fourth-order valence-corrected chi connectivity index (χ4v) is 2.95. The molecule has 0 atom stereocenters. The Bertz CT molecular complexity index is 1180. The van der Waals surface area contributed by atoms with Gasteiger partial charge in [-0.05, 0) is 24.3 Å². The number of pyridine rings is 3. The molecule has 0 saturated carbocycles. The lowest BCUT2D eigenvalue weighted by Gasteiger charge is -2.04. The molecule has 0 bridgehead atoms. The van der Waals surface area contributed by atoms with Crippen LogP contribution in [0.4, 0.5) is 0 Å². The van der Waals surface area contributed by atoms with Crippen molar-refractivity contribution in [3.63, 3.8) is 0 Å². The van der Waals surface area contributed by atoms with E-state index >= 15 is 0 Å². The van der Waals surface area contributed by atoms with Crippen LogP contribution in [0.25, 0.3) is 44.2 Å². The number of hydrogen-bond donors (Lipinski definition) is 0. The maximum absolute atomic E-state index is 5.85. The molecule has 0 radical (unpaired) electrons. The standard InChI is InChI=1S/C19H11N3O/c1-2-5-14-12(4-1)7-8-15(22-14)13-10-20-11-17-18(13)19-16(23-17)6-3-9-21-19/h1-11H. The summed E-state index contributed by atoms with van der Waals surface area (Å²) in [6, 6.07) is 15.9. The third-order valence-electron chi connectivity index (χ3n) is 4.01. The van der Waals surface area contributed by atoms with Gasteiger partial charge in [0.2, 0.25) is 0 Å². The number of nitrogens with zero attached hydrogens (tertiary/aromatic N) is 3. The molecule has 0 unspecified atom stereocenters. The van der Waals surface area contributed by atoms with Crippen LogP contribution in [0.1, 0.15) is 0 Å². The first-order chi connectivity index (χ1) is 11.4. The van der Waals surface area contributed by atoms with Gasteiger partial charge in [0.05, 0.1) is 22.8 Å². The zero-order valence-corrected chi connectivity index (χ0v) is 12.1. The third kappa shape index (κ3) is 1.82. The minimum absolute atomic E-state index is 0.728. The predicted octanol–water partition coefficient (Wildman–Crippen LogP) is 4.59. The van der Waals surface area contributed by atoms with E-state index < -0.39 is 0 Å². The Morgan fingerprint density at radius 3 is 2.78 bits per heavy atom. The van der Waals surface area contributed by atoms with Gasteiger partial charge >= 0.3 is 0 Å². The van der Waals surface area contributed by atoms with Crippen molar-refractivity contribution >= 4 is 33.0 Å². The summed E-state index contributed by atoms with van der Waals surface area (Å²) in [5.74, 6) is 0. The van der Waals surface area contributed by atoms with E-state index in [0.29, 0.717) is 0 Å². The minimum Gasteiger partial charge on any atom is -0.453 e. The van der Waals surface area contributed by atoms with Gasteiger partial charge in [-0.1, -0.05) is 24.3 Å². The van der Waals surface area contributed by atoms with Crippen molar-refractivity contribution in [3.05, 3.63) is 67.1 Å². The third-order valence-corrected chi connectivity index (χ3v) is 4.01. The van der Waals surface area contributed by atoms with Crippen LogP contribution in [-0.2, 0) is 0 Å². The molecule has 0 fully saturated rings. The second-order valence-corrected chi connectivity index (χ2v) is 5.40. The molecule has 0 spiro atoms. The van der Waals surface area contributed by atoms with Crippen molar-refractivity contribution in [1.82, 2.24) is 15.0 Å². The van der Waals surface area contributed by atoms with Gasteiger partial charge in [-0.2, -0.15) is 0 Å². The number of hydrogen-bond acceptors (Lipinski definition) is 4. The molecule has 0 aliphatic carbocycles. The SMILES string of the molecule is c1ccc2nc(-c3cncc4oc5cccnc5c34)ccc2c1. The molecule has 0 N–H and O–H groups in total. The van der Waals surface area contributed by atoms with Crippen LogP contribution in [0.5, 0.6) is 0 Å². The molecule has 108 valence electrons. The Balaban J connectivity index is 1.87. The predicted molar refractivity (Wildman–Crippen MR) is 90.0 cm³/mol. The lowest BCUT2D eigenvalue weighted by molar-refractivity contribution is 0.666. The minimum atomic E-state index is 0.728. The van der Waals surface area contributed by atoms with Crippen LogP contribution >= 0.6 is 0 Å². The molecule has 0 aliphatic rings. The highest BCUT2D eigenvalue weighted by Gasteiger charge is 2.14. The van der Waals surface area contributed by atoms with E-state index in [2.05, 4.69) is 22.1 Å². The van der Waals surface area contributed by atoms with Gasteiger partial charge in [-0.3, -0.25) is 9.97 Å². The highest BCUT2D eigenvalue weighted by Crippen LogP contribution is 2.34. The highest BCUT2D eigenvalue weighted by atomic mass is 16.3. The van der Waals surface area contributed by atoms with Crippen LogP contribution in [-0.4, -0.2) is 15.0 Å². The zero-order chi connectivity index (χ0) is 15.2. The van der Waals surface area contributed by atoms with Gasteiger partial charge in [-0.15, -0.1) is 0 Å². The Morgan fingerprint density at radius 2 is 1.78 bits per heavy atom. The molecule has 5 aromatic rings. The van der Waals surface area contributed by atoms with E-state index in [0.717, 1.165) is 44.2 Å². The van der Waals surface area contributed by atoms with Gasteiger partial charge in [0.25, 0.3) is 0 Å². The normalized spacial score (nSPS) is 11.5. The molecular weight excluding hydrogens is 286 g/mol. The molecular formula is C19H11N3O. The van der Waals surface area contributed by atoms with E-state index in [9.17, 15) is 0 Å². The Hall–Kier alpha value is -3.27. The molecule has 4 aromatic heterocycles. The van der Waals surface area contributed by atoms with Gasteiger partial charge < -0.3 is 4.42 Å². The smallest absolute Gasteiger partial charge is 0.156 e. The summed E-state index contributed by atoms with van der Waals surface area (Å²) in [6.07, 6.45) is 5.32. The second kappa shape index (κ2) is 4.61. The van der Waals surface area contributed by atoms with Crippen LogP contribution in [0.3, 0.4) is 0 Å². The maximum Gasteiger partial charge on any atom is 0.156 e. The van der Waals surface area contributed by atoms with Crippen molar-refractivity contribution in [2.45, 2.75) is 0 Å². The Morgan fingerprint density at radius 1 is 0.826 bits per heavy atom. The van der Waals surface area contributed by atoms with E-state index in [1.807, 2.05) is 42.6 Å². The average Bonchev–Trinajstić information content (AvgIpc) is 3.00. The number of rotatable bonds is 1. The van der Waals surface area contributed by atoms with Crippen LogP contribution in [0.15, 0.2) is 71.5 Å². The van der Waals surface area contributed by atoms with Crippen molar-refractivity contribution in [2.75, 3.05) is 0 Å². The lowest BCUT2D eigenvalue weighted by atomic mass is 10.1. The van der Waals surface area contributed by atoms with Crippen LogP contribution in [0.2, 0.25) is 0 Å². The van der Waals surface area contributed by atoms with Gasteiger partial charge in [0, 0.05) is 23.3 Å². The molecule has 4 heteroatoms. The van der Waals surface area contributed by atoms with E-state index in [1.165, 1.54) is 0 Å². The van der Waals surface area contributed by atoms with Crippen molar-refractivity contribution in [3.8, 4) is 11.3 Å². The second-order valence-electron chi connectivity index (χ2n) is 5.40. The monoisotopic (exact) mass is 297 g/mol. The van der Waals surface area contributed by atoms with Gasteiger partial charge in [0.1, 0.15) is 5.52 Å². The summed E-state index contributed by atoms with van der Waals surface area (Å²) in [7, 11) is 0. The maximum atomic E-state index is 5.85. The van der Waals surface area contributed by atoms with Crippen LogP contribution < -0.4 is 0 Å². The average molecular weight is 297 g/mol. The van der Waals surface area contributed by atoms with E-state index in [-0.39, 0.29) is 0 Å². The molecule has 4 nitrogen and oxygen atoms in total. The largest absolute Gasteiger partial charge is 0.453 e. The first-order valence-electron chi connectivity index (χ1n) is 7.37. The fourth-order valence-electron chi connectivity index (χ4n) is 2.95. The number of para-hydroxylation sites is 1. The number of benzene rings is 1. The highest BCUT2D eigenvalue weighted by molar-refractivity contribution is 6.09. The molecule has 0 aliphatic heterocycles. The fraction of sp³-hybridized carbons (Fsp3) is 0. The molecule has 4 heterocycles. The summed E-state index contributed by atoms with van der Waals surface area (Å²) in [6.45, 7) is 0. The van der Waals surface area contributed by atoms with E-state index in [4.69, 9.17) is 9.40 Å². The summed E-state index contributed by atoms with van der Waals surface area (Å²) < 4.78 is 5.85. The Kier molecular flexibility index (Phi) is 2.46. The summed E-state index contributed by atoms with van der Waals surface area (Å²) in [5.41, 5.74) is 5.10. The van der Waals surface area contributed by atoms with E-state index in [1.54, 1.807) is 12.4 Å². The number of furan rings is 1. The van der Waals surface area contributed by atoms with Crippen molar-refractivity contribution < 1.29 is 4.42 Å². The first kappa shape index (κ1) is 12.3. The first-order valence-corrected chi connectivity index (χ1v) is 7.37. The zero-order valence-electron chi connectivity index (χ0n) is 12.1. The molecule has 23 heavy (non-hydrogen) atoms. The Labute approximate surface area is 131 Å². The molecule has 5 rings (SSSR count). The van der Waals surface area contributed by atoms with Gasteiger partial charge in [-0.25, -0.2) is 4.98 Å². The quantitative estimate of drug-likeness (QED) is 0.454. The van der Waals surface area contributed by atoms with Crippen molar-refractivity contribution in [2.24, 2.45) is 0 Å². The topological polar surface area (TPSA) is 51.8 Å². The molecule has 1 aromatic carbocycles. The van der Waals surface area contributed by atoms with Crippen LogP contribution in [0, 0.1) is 0 Å². The summed E-state index contributed by atoms with van der Waals surface area (Å²) in [5, 5.41) is 2.07. The summed E-state index contributed by atoms with van der Waals surface area (Å²) in [4.78, 5) is 13.5. The number of fused-ring (bicyclic) bond motifs is 4. The molecule has 0 saturated heterocycles. The number of aromatic nitrogens is 3. The van der Waals surface area contributed by atoms with Gasteiger partial charge in [0.15, 0.2) is 11.2 Å². The summed E-state index contributed by atoms with van der Waals surface area (Å²) >= 11 is 0. The lowest BCUT2D eigenvalue weighted by Crippen LogP contribution is -1.87. The van der Waals surface area contributed by atoms with Crippen molar-refractivity contribution in [1.29, 1.82) is 0 Å². The molecule has 0 amide bonds.